The highest BCUT2D eigenvalue weighted by atomic mass is 16.3. The molecule has 5 rings (SSSR count). The van der Waals surface area contributed by atoms with Gasteiger partial charge in [-0.2, -0.15) is 0 Å². The lowest BCUT2D eigenvalue weighted by Gasteiger charge is -2.55. The Kier molecular flexibility index (Phi) is 6.55. The predicted octanol–water partition coefficient (Wildman–Crippen LogP) is 6.37. The molecule has 1 saturated heterocycles. The fourth-order valence-corrected chi connectivity index (χ4v) is 5.76. The summed E-state index contributed by atoms with van der Waals surface area (Å²) in [6, 6.07) is 18.8. The van der Waals surface area contributed by atoms with Crippen LogP contribution in [0.3, 0.4) is 0 Å². The molecule has 1 aliphatic heterocycles. The minimum absolute atomic E-state index is 0.329. The molecule has 3 aromatic heterocycles. The number of hydrogen-bond acceptors (Lipinski definition) is 4. The van der Waals surface area contributed by atoms with Gasteiger partial charge in [-0.15, -0.1) is 0 Å². The fourth-order valence-electron chi connectivity index (χ4n) is 5.76. The Morgan fingerprint density at radius 3 is 2.30 bits per heavy atom. The van der Waals surface area contributed by atoms with Gasteiger partial charge >= 0.3 is 0 Å². The maximum Gasteiger partial charge on any atom is 0.124 e. The van der Waals surface area contributed by atoms with E-state index in [1.54, 1.807) is 0 Å². The van der Waals surface area contributed by atoms with Crippen LogP contribution >= 0.6 is 0 Å². The van der Waals surface area contributed by atoms with Crippen molar-refractivity contribution in [2.24, 2.45) is 5.41 Å². The third-order valence-electron chi connectivity index (χ3n) is 7.90. The van der Waals surface area contributed by atoms with Gasteiger partial charge in [0, 0.05) is 53.9 Å². The lowest BCUT2D eigenvalue weighted by molar-refractivity contribution is -0.127. The van der Waals surface area contributed by atoms with Gasteiger partial charge in [0.25, 0.3) is 0 Å². The van der Waals surface area contributed by atoms with Crippen LogP contribution in [0.5, 0.6) is 0 Å². The van der Waals surface area contributed by atoms with E-state index in [4.69, 9.17) is 4.98 Å². The zero-order valence-electron chi connectivity index (χ0n) is 22.8. The molecule has 5 nitrogen and oxygen atoms in total. The van der Waals surface area contributed by atoms with Gasteiger partial charge in [0.1, 0.15) is 5.60 Å². The first-order valence-electron chi connectivity index (χ1n) is 13.2. The summed E-state index contributed by atoms with van der Waals surface area (Å²) >= 11 is 0. The van der Waals surface area contributed by atoms with Crippen molar-refractivity contribution in [3.8, 4) is 16.9 Å². The third-order valence-corrected chi connectivity index (χ3v) is 7.90. The highest BCUT2D eigenvalue weighted by molar-refractivity contribution is 5.60. The number of likely N-dealkylation sites (tertiary alicyclic amines) is 1. The Balaban J connectivity index is 1.54. The van der Waals surface area contributed by atoms with Crippen molar-refractivity contribution in [1.82, 2.24) is 19.4 Å². The largest absolute Gasteiger partial charge is 0.380 e. The second-order valence-electron chi connectivity index (χ2n) is 11.6. The average molecular weight is 495 g/mol. The molecule has 0 bridgehead atoms. The quantitative estimate of drug-likeness (QED) is 0.324. The number of aromatic nitrogens is 3. The van der Waals surface area contributed by atoms with E-state index in [9.17, 15) is 5.11 Å². The summed E-state index contributed by atoms with van der Waals surface area (Å²) in [5, 5.41) is 12.5. The summed E-state index contributed by atoms with van der Waals surface area (Å²) in [5.74, 6) is 0.818. The van der Waals surface area contributed by atoms with Crippen molar-refractivity contribution >= 4 is 0 Å². The van der Waals surface area contributed by atoms with Crippen molar-refractivity contribution in [3.63, 3.8) is 0 Å². The molecule has 1 atom stereocenters. The molecular formula is C32H38N4O. The second-order valence-corrected chi connectivity index (χ2v) is 11.6. The van der Waals surface area contributed by atoms with E-state index in [0.717, 1.165) is 46.9 Å². The summed E-state index contributed by atoms with van der Waals surface area (Å²) in [5.41, 5.74) is 5.51. The highest BCUT2D eigenvalue weighted by Crippen LogP contribution is 2.50. The lowest BCUT2D eigenvalue weighted by Crippen LogP contribution is -2.63. The number of hydrogen-bond donors (Lipinski definition) is 1. The highest BCUT2D eigenvalue weighted by Gasteiger charge is 2.55. The Morgan fingerprint density at radius 2 is 1.65 bits per heavy atom. The number of pyridine rings is 2. The number of rotatable bonds is 7. The van der Waals surface area contributed by atoms with Crippen LogP contribution in [0, 0.1) is 5.41 Å². The second kappa shape index (κ2) is 9.55. The van der Waals surface area contributed by atoms with Gasteiger partial charge in [-0.1, -0.05) is 65.0 Å². The van der Waals surface area contributed by atoms with E-state index in [-0.39, 0.29) is 5.41 Å². The first-order valence-corrected chi connectivity index (χ1v) is 13.2. The molecule has 0 radical (unpaired) electrons. The molecule has 4 aromatic rings. The minimum Gasteiger partial charge on any atom is -0.380 e. The summed E-state index contributed by atoms with van der Waals surface area (Å²) in [7, 11) is 2.10. The zero-order chi connectivity index (χ0) is 26.4. The van der Waals surface area contributed by atoms with Crippen molar-refractivity contribution < 1.29 is 5.11 Å². The Bertz CT molecular complexity index is 1380. The number of nitrogens with zero attached hydrogens (tertiary/aromatic N) is 4. The topological polar surface area (TPSA) is 54.2 Å². The van der Waals surface area contributed by atoms with Crippen LogP contribution in [-0.4, -0.2) is 44.7 Å². The van der Waals surface area contributed by atoms with Crippen molar-refractivity contribution in [3.05, 3.63) is 102 Å². The zero-order valence-corrected chi connectivity index (χ0v) is 22.8. The SMILES string of the molecule is CC(C)c1ccc([C@](O)(c2cncc(-n3ccc(-c4cccc(C(C)C)n4)c3)c2)C2(C)CN(C)C2)cc1. The number of benzene rings is 1. The summed E-state index contributed by atoms with van der Waals surface area (Å²) in [6.07, 6.45) is 7.79. The molecule has 0 aliphatic carbocycles. The summed E-state index contributed by atoms with van der Waals surface area (Å²) in [4.78, 5) is 11.7. The molecule has 0 amide bonds. The van der Waals surface area contributed by atoms with Gasteiger partial charge < -0.3 is 14.6 Å². The van der Waals surface area contributed by atoms with Gasteiger partial charge in [-0.05, 0) is 54.3 Å². The molecule has 1 fully saturated rings. The van der Waals surface area contributed by atoms with Gasteiger partial charge in [0.2, 0.25) is 0 Å². The van der Waals surface area contributed by atoms with E-state index in [1.165, 1.54) is 5.56 Å². The smallest absolute Gasteiger partial charge is 0.124 e. The van der Waals surface area contributed by atoms with Gasteiger partial charge in [0.15, 0.2) is 0 Å². The predicted molar refractivity (Wildman–Crippen MR) is 150 cm³/mol. The fraction of sp³-hybridized carbons (Fsp3) is 0.375. The molecule has 1 aromatic carbocycles. The van der Waals surface area contributed by atoms with Crippen LogP contribution in [0.1, 0.15) is 68.8 Å². The molecular weight excluding hydrogens is 456 g/mol. The van der Waals surface area contributed by atoms with E-state index < -0.39 is 5.60 Å². The van der Waals surface area contributed by atoms with Crippen molar-refractivity contribution in [2.45, 2.75) is 52.1 Å². The molecule has 1 N–H and O–H groups in total. The molecule has 0 unspecified atom stereocenters. The van der Waals surface area contributed by atoms with Crippen LogP contribution < -0.4 is 0 Å². The molecule has 0 spiro atoms. The van der Waals surface area contributed by atoms with E-state index in [0.29, 0.717) is 11.8 Å². The van der Waals surface area contributed by atoms with Gasteiger partial charge in [-0.3, -0.25) is 9.97 Å². The van der Waals surface area contributed by atoms with Crippen LogP contribution in [0.2, 0.25) is 0 Å². The van der Waals surface area contributed by atoms with Crippen LogP contribution in [0.25, 0.3) is 16.9 Å². The van der Waals surface area contributed by atoms with E-state index in [2.05, 4.69) is 111 Å². The monoisotopic (exact) mass is 494 g/mol. The maximum absolute atomic E-state index is 12.5. The van der Waals surface area contributed by atoms with E-state index >= 15 is 0 Å². The summed E-state index contributed by atoms with van der Waals surface area (Å²) in [6.45, 7) is 12.5. The van der Waals surface area contributed by atoms with Crippen LogP contribution in [0.4, 0.5) is 0 Å². The Morgan fingerprint density at radius 1 is 0.919 bits per heavy atom. The first kappa shape index (κ1) is 25.4. The molecule has 37 heavy (non-hydrogen) atoms. The van der Waals surface area contributed by atoms with Gasteiger partial charge in [-0.25, -0.2) is 0 Å². The van der Waals surface area contributed by atoms with Crippen LogP contribution in [-0.2, 0) is 5.60 Å². The van der Waals surface area contributed by atoms with Crippen molar-refractivity contribution in [1.29, 1.82) is 0 Å². The van der Waals surface area contributed by atoms with E-state index in [1.807, 2.05) is 24.7 Å². The average Bonchev–Trinajstić information content (AvgIpc) is 3.38. The standard InChI is InChI=1S/C32H38N4O/c1-22(2)24-10-12-26(13-11-24)32(37,31(5)20-35(6)21-31)27-16-28(18-33-17-27)36-15-14-25(19-36)30-9-7-8-29(34-30)23(3)4/h7-19,22-23,37H,20-21H2,1-6H3/t32-/m0/s1. The Hall–Kier alpha value is -3.28. The molecule has 5 heteroatoms. The lowest BCUT2D eigenvalue weighted by atomic mass is 9.62. The first-order chi connectivity index (χ1) is 17.6. The van der Waals surface area contributed by atoms with Gasteiger partial charge in [0.05, 0.1) is 17.6 Å². The summed E-state index contributed by atoms with van der Waals surface area (Å²) < 4.78 is 2.06. The molecule has 1 aliphatic rings. The van der Waals surface area contributed by atoms with Crippen molar-refractivity contribution in [2.75, 3.05) is 20.1 Å². The Labute approximate surface area is 220 Å². The molecule has 4 heterocycles. The number of aliphatic hydroxyl groups is 1. The maximum atomic E-state index is 12.5. The minimum atomic E-state index is -1.17. The third kappa shape index (κ3) is 4.51. The normalized spacial score (nSPS) is 17.1. The molecule has 0 saturated carbocycles. The molecule has 192 valence electrons. The van der Waals surface area contributed by atoms with Crippen LogP contribution in [0.15, 0.2) is 79.4 Å².